The molecule has 0 aromatic carbocycles. The maximum atomic E-state index is 12.8. The van der Waals surface area contributed by atoms with Crippen LogP contribution in [0.5, 0.6) is 0 Å². The quantitative estimate of drug-likeness (QED) is 0.0262. The second kappa shape index (κ2) is 53.7. The molecule has 0 saturated heterocycles. The predicted molar refractivity (Wildman–Crippen MR) is 283 cm³/mol. The van der Waals surface area contributed by atoms with Gasteiger partial charge in [-0.05, 0) is 122 Å². The average Bonchev–Trinajstić information content (AvgIpc) is 3.31. The number of carbonyl (C=O) groups excluding carboxylic acids is 3. The summed E-state index contributed by atoms with van der Waals surface area (Å²) in [6.07, 6.45) is 72.1. The lowest BCUT2D eigenvalue weighted by Gasteiger charge is -2.18. The third kappa shape index (κ3) is 51.1. The van der Waals surface area contributed by atoms with Crippen molar-refractivity contribution < 1.29 is 28.6 Å². The summed E-state index contributed by atoms with van der Waals surface area (Å²) in [4.78, 5) is 38.1. The van der Waals surface area contributed by atoms with Crippen LogP contribution in [0.15, 0.2) is 109 Å². The molecule has 0 saturated carbocycles. The fraction of sp³-hybridized carbons (Fsp3) is 0.650. The van der Waals surface area contributed by atoms with Crippen molar-refractivity contribution in [2.45, 2.75) is 239 Å². The van der Waals surface area contributed by atoms with E-state index < -0.39 is 6.10 Å². The molecule has 0 N–H and O–H groups in total. The first-order valence-electron chi connectivity index (χ1n) is 26.9. The Labute approximate surface area is 406 Å². The second-order valence-electron chi connectivity index (χ2n) is 17.4. The number of unbranched alkanes of at least 4 members (excludes halogenated alkanes) is 18. The van der Waals surface area contributed by atoms with Gasteiger partial charge in [0.15, 0.2) is 6.10 Å². The summed E-state index contributed by atoms with van der Waals surface area (Å²) in [5, 5.41) is 0. The normalized spacial score (nSPS) is 13.0. The zero-order valence-corrected chi connectivity index (χ0v) is 42.7. The maximum Gasteiger partial charge on any atom is 0.306 e. The molecule has 0 amide bonds. The van der Waals surface area contributed by atoms with E-state index in [1.165, 1.54) is 44.9 Å². The monoisotopic (exact) mass is 915 g/mol. The standard InChI is InChI=1S/C60H98O6/c1-4-7-10-13-16-19-22-25-28-29-30-31-33-35-38-41-44-47-50-53-59(62)65-56-57(55-64-58(61)52-49-46-43-40-37-34-27-24-21-18-15-12-9-6-3)66-60(63)54-51-48-45-42-39-36-32-26-23-20-17-14-11-8-5-2/h7-8,10-11,16-17,19-20,24-28,30-32,35,38,57H,4-6,9,12-15,18,21-23,29,33-34,36-37,39-56H2,1-3H3/b10-7-,11-8-,19-16-,20-17-,27-24-,28-25-,31-30-,32-26-,38-35-/t57-/m1/s1. The highest BCUT2D eigenvalue weighted by Gasteiger charge is 2.19. The molecule has 0 aliphatic heterocycles. The molecule has 0 spiro atoms. The highest BCUT2D eigenvalue weighted by molar-refractivity contribution is 5.71. The van der Waals surface area contributed by atoms with Crippen molar-refractivity contribution in [2.24, 2.45) is 0 Å². The number of allylic oxidation sites excluding steroid dienone is 18. The molecule has 0 bridgehead atoms. The Hall–Kier alpha value is -3.93. The molecule has 0 aromatic rings. The van der Waals surface area contributed by atoms with E-state index in [0.717, 1.165) is 148 Å². The highest BCUT2D eigenvalue weighted by Crippen LogP contribution is 2.13. The smallest absolute Gasteiger partial charge is 0.306 e. The van der Waals surface area contributed by atoms with Gasteiger partial charge in [0.25, 0.3) is 0 Å². The molecule has 0 rings (SSSR count). The lowest BCUT2D eigenvalue weighted by Crippen LogP contribution is -2.30. The molecule has 6 heteroatoms. The van der Waals surface area contributed by atoms with E-state index in [0.29, 0.717) is 19.3 Å². The summed E-state index contributed by atoms with van der Waals surface area (Å²) in [5.74, 6) is -0.964. The van der Waals surface area contributed by atoms with E-state index in [1.807, 2.05) is 0 Å². The molecule has 374 valence electrons. The Morgan fingerprint density at radius 2 is 0.591 bits per heavy atom. The molecule has 0 fully saturated rings. The summed E-state index contributed by atoms with van der Waals surface area (Å²) in [7, 11) is 0. The van der Waals surface area contributed by atoms with Gasteiger partial charge in [-0.25, -0.2) is 0 Å². The average molecular weight is 915 g/mol. The largest absolute Gasteiger partial charge is 0.462 e. The molecule has 0 radical (unpaired) electrons. The van der Waals surface area contributed by atoms with E-state index in [4.69, 9.17) is 14.2 Å². The van der Waals surface area contributed by atoms with E-state index in [1.54, 1.807) is 0 Å². The highest BCUT2D eigenvalue weighted by atomic mass is 16.6. The molecule has 66 heavy (non-hydrogen) atoms. The van der Waals surface area contributed by atoms with Crippen LogP contribution in [0.2, 0.25) is 0 Å². The third-order valence-electron chi connectivity index (χ3n) is 11.0. The lowest BCUT2D eigenvalue weighted by atomic mass is 10.1. The van der Waals surface area contributed by atoms with Gasteiger partial charge in [0.2, 0.25) is 0 Å². The van der Waals surface area contributed by atoms with Crippen molar-refractivity contribution in [1.82, 2.24) is 0 Å². The molecule has 0 aliphatic carbocycles. The first kappa shape index (κ1) is 62.1. The fourth-order valence-corrected chi connectivity index (χ4v) is 7.01. The SMILES string of the molecule is CC/C=C\C/C=C\C/C=C\C/C=C\C/C=C\CCCCCC(=O)OC[C@@H](COC(=O)CCCCCCC/C=C\CCCCCCC)OC(=O)CCCCCCC/C=C\C/C=C\C/C=C\CC. The Balaban J connectivity index is 4.50. The van der Waals surface area contributed by atoms with Gasteiger partial charge in [0.1, 0.15) is 13.2 Å². The van der Waals surface area contributed by atoms with Crippen LogP contribution in [0, 0.1) is 0 Å². The Morgan fingerprint density at radius 1 is 0.318 bits per heavy atom. The molecule has 0 aliphatic rings. The van der Waals surface area contributed by atoms with E-state index in [9.17, 15) is 14.4 Å². The van der Waals surface area contributed by atoms with Gasteiger partial charge in [-0.3, -0.25) is 14.4 Å². The van der Waals surface area contributed by atoms with Gasteiger partial charge in [0, 0.05) is 19.3 Å². The van der Waals surface area contributed by atoms with E-state index in [2.05, 4.69) is 130 Å². The van der Waals surface area contributed by atoms with Crippen molar-refractivity contribution in [1.29, 1.82) is 0 Å². The number of carbonyl (C=O) groups is 3. The summed E-state index contributed by atoms with van der Waals surface area (Å²) < 4.78 is 16.8. The number of esters is 3. The summed E-state index contributed by atoms with van der Waals surface area (Å²) in [5.41, 5.74) is 0. The first-order valence-corrected chi connectivity index (χ1v) is 26.9. The minimum Gasteiger partial charge on any atom is -0.462 e. The summed E-state index contributed by atoms with van der Waals surface area (Å²) >= 11 is 0. The Kier molecular flexibility index (Phi) is 50.5. The predicted octanol–water partition coefficient (Wildman–Crippen LogP) is 17.9. The van der Waals surface area contributed by atoms with Crippen LogP contribution in [0.3, 0.4) is 0 Å². The number of hydrogen-bond donors (Lipinski definition) is 0. The third-order valence-corrected chi connectivity index (χ3v) is 11.0. The van der Waals surface area contributed by atoms with Gasteiger partial charge in [0.05, 0.1) is 0 Å². The second-order valence-corrected chi connectivity index (χ2v) is 17.4. The lowest BCUT2D eigenvalue weighted by molar-refractivity contribution is -0.167. The zero-order chi connectivity index (χ0) is 47.9. The van der Waals surface area contributed by atoms with Crippen LogP contribution in [-0.4, -0.2) is 37.2 Å². The fourth-order valence-electron chi connectivity index (χ4n) is 7.01. The number of rotatable bonds is 47. The maximum absolute atomic E-state index is 12.8. The minimum absolute atomic E-state index is 0.102. The van der Waals surface area contributed by atoms with Crippen LogP contribution in [0.25, 0.3) is 0 Å². The van der Waals surface area contributed by atoms with Crippen molar-refractivity contribution in [3.05, 3.63) is 109 Å². The van der Waals surface area contributed by atoms with Gasteiger partial charge in [-0.15, -0.1) is 0 Å². The van der Waals surface area contributed by atoms with Crippen molar-refractivity contribution in [2.75, 3.05) is 13.2 Å². The number of hydrogen-bond acceptors (Lipinski definition) is 6. The Morgan fingerprint density at radius 3 is 0.955 bits per heavy atom. The van der Waals surface area contributed by atoms with Crippen LogP contribution in [0.4, 0.5) is 0 Å². The molecule has 0 heterocycles. The summed E-state index contributed by atoms with van der Waals surface area (Å²) in [6, 6.07) is 0. The van der Waals surface area contributed by atoms with Crippen LogP contribution in [-0.2, 0) is 28.6 Å². The van der Waals surface area contributed by atoms with Crippen LogP contribution in [0.1, 0.15) is 233 Å². The zero-order valence-electron chi connectivity index (χ0n) is 42.7. The Bertz CT molecular complexity index is 1370. The topological polar surface area (TPSA) is 78.9 Å². The molecule has 6 nitrogen and oxygen atoms in total. The molecule has 0 aromatic heterocycles. The van der Waals surface area contributed by atoms with Crippen molar-refractivity contribution >= 4 is 17.9 Å². The molecular weight excluding hydrogens is 817 g/mol. The first-order chi connectivity index (χ1) is 32.5. The molecular formula is C60H98O6. The van der Waals surface area contributed by atoms with Crippen LogP contribution >= 0.6 is 0 Å². The van der Waals surface area contributed by atoms with Gasteiger partial charge < -0.3 is 14.2 Å². The van der Waals surface area contributed by atoms with Gasteiger partial charge in [-0.1, -0.05) is 201 Å². The number of ether oxygens (including phenoxy) is 3. The summed E-state index contributed by atoms with van der Waals surface area (Å²) in [6.45, 7) is 6.34. The molecule has 0 unspecified atom stereocenters. The van der Waals surface area contributed by atoms with Crippen molar-refractivity contribution in [3.8, 4) is 0 Å². The van der Waals surface area contributed by atoms with Gasteiger partial charge >= 0.3 is 17.9 Å². The minimum atomic E-state index is -0.806. The van der Waals surface area contributed by atoms with E-state index in [-0.39, 0.29) is 31.1 Å². The van der Waals surface area contributed by atoms with Crippen molar-refractivity contribution in [3.63, 3.8) is 0 Å². The molecule has 1 atom stereocenters. The van der Waals surface area contributed by atoms with E-state index >= 15 is 0 Å². The van der Waals surface area contributed by atoms with Crippen LogP contribution < -0.4 is 0 Å². The van der Waals surface area contributed by atoms with Gasteiger partial charge in [-0.2, -0.15) is 0 Å².